The number of hydrogen-bond donors (Lipinski definition) is 3. The number of halogens is 3. The van der Waals surface area contributed by atoms with Crippen molar-refractivity contribution in [2.75, 3.05) is 30.5 Å². The van der Waals surface area contributed by atoms with Crippen molar-refractivity contribution in [2.45, 2.75) is 6.18 Å². The number of aromatic nitrogens is 1. The molecule has 1 aromatic heterocycles. The first-order valence-electron chi connectivity index (χ1n) is 4.82. The maximum atomic E-state index is 11.7. The highest BCUT2D eigenvalue weighted by Gasteiger charge is 2.27. The van der Waals surface area contributed by atoms with Crippen LogP contribution >= 0.6 is 0 Å². The van der Waals surface area contributed by atoms with Gasteiger partial charge in [-0.25, -0.2) is 10.8 Å². The Morgan fingerprint density at radius 1 is 1.41 bits per heavy atom. The Morgan fingerprint density at radius 2 is 2.18 bits per heavy atom. The summed E-state index contributed by atoms with van der Waals surface area (Å²) in [6, 6.07) is 3.30. The number of nitrogen functional groups attached to an aromatic ring is 1. The normalized spacial score (nSPS) is 11.3. The highest BCUT2D eigenvalue weighted by atomic mass is 19.4. The SMILES string of the molecule is NNc1cc(NCCOCC(F)(F)F)ccn1. The molecule has 96 valence electrons. The molecule has 0 atom stereocenters. The summed E-state index contributed by atoms with van der Waals surface area (Å²) >= 11 is 0. The molecule has 0 aliphatic rings. The van der Waals surface area contributed by atoms with E-state index in [-0.39, 0.29) is 13.2 Å². The topological polar surface area (TPSA) is 72.2 Å². The van der Waals surface area contributed by atoms with Crippen LogP contribution < -0.4 is 16.6 Å². The standard InChI is InChI=1S/C9H13F3N4O/c10-9(11,12)6-17-4-3-14-7-1-2-15-8(5-7)16-13/h1-2,5H,3-4,6,13H2,(H2,14,15,16). The predicted octanol–water partition coefficient (Wildman–Crippen LogP) is 1.36. The van der Waals surface area contributed by atoms with Crippen molar-refractivity contribution in [1.82, 2.24) is 4.98 Å². The van der Waals surface area contributed by atoms with Crippen molar-refractivity contribution < 1.29 is 17.9 Å². The molecule has 0 fully saturated rings. The molecule has 1 heterocycles. The predicted molar refractivity (Wildman–Crippen MR) is 57.4 cm³/mol. The number of alkyl halides is 3. The van der Waals surface area contributed by atoms with Crippen LogP contribution in [-0.2, 0) is 4.74 Å². The Hall–Kier alpha value is -1.54. The Labute approximate surface area is 96.1 Å². The van der Waals surface area contributed by atoms with E-state index in [0.29, 0.717) is 11.5 Å². The fraction of sp³-hybridized carbons (Fsp3) is 0.444. The van der Waals surface area contributed by atoms with Gasteiger partial charge in [0.25, 0.3) is 0 Å². The first kappa shape index (κ1) is 13.5. The zero-order chi connectivity index (χ0) is 12.7. The third kappa shape index (κ3) is 5.93. The lowest BCUT2D eigenvalue weighted by atomic mass is 10.4. The van der Waals surface area contributed by atoms with Gasteiger partial charge in [0.2, 0.25) is 0 Å². The molecule has 0 unspecified atom stereocenters. The fourth-order valence-electron chi connectivity index (χ4n) is 1.07. The second kappa shape index (κ2) is 6.26. The second-order valence-electron chi connectivity index (χ2n) is 3.17. The molecule has 8 heteroatoms. The molecule has 0 bridgehead atoms. The molecule has 4 N–H and O–H groups in total. The molecule has 0 saturated carbocycles. The van der Waals surface area contributed by atoms with E-state index in [0.717, 1.165) is 0 Å². The summed E-state index contributed by atoms with van der Waals surface area (Å²) in [4.78, 5) is 3.88. The molecular weight excluding hydrogens is 237 g/mol. The van der Waals surface area contributed by atoms with Gasteiger partial charge in [-0.05, 0) is 6.07 Å². The van der Waals surface area contributed by atoms with Crippen molar-refractivity contribution in [2.24, 2.45) is 5.84 Å². The highest BCUT2D eigenvalue weighted by Crippen LogP contribution is 2.14. The van der Waals surface area contributed by atoms with Crippen LogP contribution in [0.25, 0.3) is 0 Å². The smallest absolute Gasteiger partial charge is 0.383 e. The minimum atomic E-state index is -4.28. The van der Waals surface area contributed by atoms with Crippen LogP contribution in [0.15, 0.2) is 18.3 Å². The van der Waals surface area contributed by atoms with E-state index in [4.69, 9.17) is 5.84 Å². The van der Waals surface area contributed by atoms with E-state index in [1.807, 2.05) is 0 Å². The molecule has 1 aromatic rings. The number of nitrogens with one attached hydrogen (secondary N) is 2. The van der Waals surface area contributed by atoms with Crippen LogP contribution in [0.5, 0.6) is 0 Å². The molecule has 1 rings (SSSR count). The number of pyridine rings is 1. The molecule has 0 spiro atoms. The largest absolute Gasteiger partial charge is 0.411 e. The maximum Gasteiger partial charge on any atom is 0.411 e. The summed E-state index contributed by atoms with van der Waals surface area (Å²) in [6.07, 6.45) is -2.76. The molecule has 0 aliphatic heterocycles. The molecule has 0 aromatic carbocycles. The van der Waals surface area contributed by atoms with Gasteiger partial charge in [-0.15, -0.1) is 0 Å². The second-order valence-corrected chi connectivity index (χ2v) is 3.17. The van der Waals surface area contributed by atoms with Gasteiger partial charge >= 0.3 is 6.18 Å². The number of anilines is 2. The summed E-state index contributed by atoms with van der Waals surface area (Å²) in [7, 11) is 0. The first-order chi connectivity index (χ1) is 8.01. The zero-order valence-corrected chi connectivity index (χ0v) is 8.92. The van der Waals surface area contributed by atoms with Gasteiger partial charge in [0.1, 0.15) is 12.4 Å². The lowest BCUT2D eigenvalue weighted by molar-refractivity contribution is -0.172. The van der Waals surface area contributed by atoms with E-state index in [2.05, 4.69) is 20.5 Å². The quantitative estimate of drug-likeness (QED) is 0.404. The zero-order valence-electron chi connectivity index (χ0n) is 8.92. The van der Waals surface area contributed by atoms with Crippen molar-refractivity contribution >= 4 is 11.5 Å². The number of hydrogen-bond acceptors (Lipinski definition) is 5. The third-order valence-corrected chi connectivity index (χ3v) is 1.75. The Bertz CT molecular complexity index is 345. The summed E-state index contributed by atoms with van der Waals surface area (Å²) in [5, 5.41) is 2.88. The van der Waals surface area contributed by atoms with Crippen LogP contribution in [0.4, 0.5) is 24.7 Å². The summed E-state index contributed by atoms with van der Waals surface area (Å²) in [6.45, 7) is -1.00. The molecule has 0 amide bonds. The van der Waals surface area contributed by atoms with E-state index < -0.39 is 12.8 Å². The average Bonchev–Trinajstić information content (AvgIpc) is 2.27. The van der Waals surface area contributed by atoms with Crippen LogP contribution in [0, 0.1) is 0 Å². The van der Waals surface area contributed by atoms with E-state index in [1.54, 1.807) is 12.1 Å². The van der Waals surface area contributed by atoms with E-state index in [1.165, 1.54) is 6.20 Å². The number of nitrogens with two attached hydrogens (primary N) is 1. The third-order valence-electron chi connectivity index (χ3n) is 1.75. The van der Waals surface area contributed by atoms with Crippen molar-refractivity contribution in [1.29, 1.82) is 0 Å². The van der Waals surface area contributed by atoms with Crippen molar-refractivity contribution in [3.05, 3.63) is 18.3 Å². The lowest BCUT2D eigenvalue weighted by Crippen LogP contribution is -2.20. The molecular formula is C9H13F3N4O. The molecule has 0 saturated heterocycles. The average molecular weight is 250 g/mol. The van der Waals surface area contributed by atoms with Gasteiger partial charge < -0.3 is 15.5 Å². The Balaban J connectivity index is 2.22. The Kier molecular flexibility index (Phi) is 4.98. The van der Waals surface area contributed by atoms with Gasteiger partial charge in [0.15, 0.2) is 0 Å². The summed E-state index contributed by atoms with van der Waals surface area (Å²) < 4.78 is 39.6. The van der Waals surface area contributed by atoms with Crippen LogP contribution in [0.1, 0.15) is 0 Å². The van der Waals surface area contributed by atoms with Crippen LogP contribution in [0.2, 0.25) is 0 Å². The molecule has 17 heavy (non-hydrogen) atoms. The number of hydrazine groups is 1. The van der Waals surface area contributed by atoms with E-state index >= 15 is 0 Å². The minimum absolute atomic E-state index is 0.0345. The maximum absolute atomic E-state index is 11.7. The number of rotatable bonds is 6. The van der Waals surface area contributed by atoms with Gasteiger partial charge in [0, 0.05) is 24.5 Å². The lowest BCUT2D eigenvalue weighted by Gasteiger charge is -2.09. The van der Waals surface area contributed by atoms with E-state index in [9.17, 15) is 13.2 Å². The van der Waals surface area contributed by atoms with Crippen molar-refractivity contribution in [3.63, 3.8) is 0 Å². The first-order valence-corrected chi connectivity index (χ1v) is 4.82. The van der Waals surface area contributed by atoms with Gasteiger partial charge in [-0.2, -0.15) is 13.2 Å². The number of ether oxygens (including phenoxy) is 1. The summed E-state index contributed by atoms with van der Waals surface area (Å²) in [5.41, 5.74) is 3.06. The monoisotopic (exact) mass is 250 g/mol. The molecule has 0 aliphatic carbocycles. The molecule has 0 radical (unpaired) electrons. The van der Waals surface area contributed by atoms with Crippen LogP contribution in [0.3, 0.4) is 0 Å². The van der Waals surface area contributed by atoms with Crippen LogP contribution in [-0.4, -0.2) is 30.9 Å². The fourth-order valence-corrected chi connectivity index (χ4v) is 1.07. The number of nitrogens with zero attached hydrogens (tertiary/aromatic N) is 1. The molecule has 5 nitrogen and oxygen atoms in total. The van der Waals surface area contributed by atoms with Gasteiger partial charge in [-0.1, -0.05) is 0 Å². The minimum Gasteiger partial charge on any atom is -0.383 e. The van der Waals surface area contributed by atoms with Gasteiger partial charge in [0.05, 0.1) is 6.61 Å². The van der Waals surface area contributed by atoms with Crippen molar-refractivity contribution in [3.8, 4) is 0 Å². The highest BCUT2D eigenvalue weighted by molar-refractivity contribution is 5.51. The Morgan fingerprint density at radius 3 is 2.82 bits per heavy atom. The van der Waals surface area contributed by atoms with Gasteiger partial charge in [-0.3, -0.25) is 0 Å². The summed E-state index contributed by atoms with van der Waals surface area (Å²) in [5.74, 6) is 5.62.